The van der Waals surface area contributed by atoms with E-state index in [1.165, 1.54) is 4.90 Å². The van der Waals surface area contributed by atoms with Gasteiger partial charge in [-0.05, 0) is 23.4 Å². The number of rotatable bonds is 3. The Morgan fingerprint density at radius 2 is 1.75 bits per heavy atom. The van der Waals surface area contributed by atoms with Crippen molar-refractivity contribution < 1.29 is 5.11 Å². The Balaban J connectivity index is 2.42. The number of benzene rings is 2. The first-order chi connectivity index (χ1) is 7.68. The lowest BCUT2D eigenvalue weighted by molar-refractivity contribution is 0.481. The van der Waals surface area contributed by atoms with Crippen LogP contribution in [0.2, 0.25) is 0 Å². The lowest BCUT2D eigenvalue weighted by Gasteiger charge is -2.09. The van der Waals surface area contributed by atoms with Gasteiger partial charge in [-0.1, -0.05) is 38.1 Å². The molecule has 0 bridgehead atoms. The van der Waals surface area contributed by atoms with Gasteiger partial charge in [0, 0.05) is 16.0 Å². The summed E-state index contributed by atoms with van der Waals surface area (Å²) in [6, 6.07) is 11.8. The average Bonchev–Trinajstić information content (AvgIpc) is 2.28. The number of phenols is 1. The molecule has 0 unspecified atom stereocenters. The minimum Gasteiger partial charge on any atom is -0.507 e. The summed E-state index contributed by atoms with van der Waals surface area (Å²) in [5, 5.41) is 11.9. The SMILES string of the molecule is CC(C)CSc1ccc(O)c2ccccc12. The van der Waals surface area contributed by atoms with Crippen LogP contribution in [0.3, 0.4) is 0 Å². The molecule has 0 saturated heterocycles. The molecule has 2 heteroatoms. The van der Waals surface area contributed by atoms with Gasteiger partial charge in [0.1, 0.15) is 5.75 Å². The summed E-state index contributed by atoms with van der Waals surface area (Å²) in [4.78, 5) is 1.25. The summed E-state index contributed by atoms with van der Waals surface area (Å²) >= 11 is 1.86. The Bertz CT molecular complexity index is 491. The van der Waals surface area contributed by atoms with Crippen LogP contribution in [0.15, 0.2) is 41.3 Å². The summed E-state index contributed by atoms with van der Waals surface area (Å²) < 4.78 is 0. The second-order valence-corrected chi connectivity index (χ2v) is 5.40. The van der Waals surface area contributed by atoms with Crippen molar-refractivity contribution in [2.75, 3.05) is 5.75 Å². The molecule has 0 aliphatic heterocycles. The van der Waals surface area contributed by atoms with Gasteiger partial charge < -0.3 is 5.11 Å². The lowest BCUT2D eigenvalue weighted by atomic mass is 10.1. The van der Waals surface area contributed by atoms with Crippen LogP contribution in [-0.2, 0) is 0 Å². The topological polar surface area (TPSA) is 20.2 Å². The van der Waals surface area contributed by atoms with E-state index >= 15 is 0 Å². The molecule has 0 fully saturated rings. The van der Waals surface area contributed by atoms with Gasteiger partial charge in [0.25, 0.3) is 0 Å². The predicted octanol–water partition coefficient (Wildman–Crippen LogP) is 4.29. The maximum atomic E-state index is 9.76. The molecule has 0 atom stereocenters. The molecule has 0 heterocycles. The molecule has 0 amide bonds. The molecule has 0 radical (unpaired) electrons. The Hall–Kier alpha value is -1.15. The monoisotopic (exact) mass is 232 g/mol. The largest absolute Gasteiger partial charge is 0.507 e. The van der Waals surface area contributed by atoms with Crippen LogP contribution < -0.4 is 0 Å². The van der Waals surface area contributed by atoms with Gasteiger partial charge in [0.15, 0.2) is 0 Å². The van der Waals surface area contributed by atoms with Crippen LogP contribution in [0.4, 0.5) is 0 Å². The van der Waals surface area contributed by atoms with Gasteiger partial charge in [0.05, 0.1) is 0 Å². The van der Waals surface area contributed by atoms with E-state index in [2.05, 4.69) is 19.9 Å². The van der Waals surface area contributed by atoms with Gasteiger partial charge in [-0.15, -0.1) is 11.8 Å². The molecule has 84 valence electrons. The van der Waals surface area contributed by atoms with Gasteiger partial charge in [0.2, 0.25) is 0 Å². The highest BCUT2D eigenvalue weighted by Gasteiger charge is 2.05. The number of fused-ring (bicyclic) bond motifs is 1. The molecule has 0 aliphatic rings. The Morgan fingerprint density at radius 3 is 2.44 bits per heavy atom. The average molecular weight is 232 g/mol. The highest BCUT2D eigenvalue weighted by atomic mass is 32.2. The number of phenolic OH excluding ortho intramolecular Hbond substituents is 1. The van der Waals surface area contributed by atoms with Gasteiger partial charge in [-0.25, -0.2) is 0 Å². The third-order valence-electron chi connectivity index (χ3n) is 2.43. The Kier molecular flexibility index (Phi) is 3.39. The lowest BCUT2D eigenvalue weighted by Crippen LogP contribution is -1.90. The van der Waals surface area contributed by atoms with E-state index < -0.39 is 0 Å². The first-order valence-electron chi connectivity index (χ1n) is 5.52. The summed E-state index contributed by atoms with van der Waals surface area (Å²) in [6.07, 6.45) is 0. The molecule has 2 aromatic rings. The number of thioether (sulfide) groups is 1. The van der Waals surface area contributed by atoms with E-state index in [1.807, 2.05) is 36.0 Å². The van der Waals surface area contributed by atoms with Crippen LogP contribution in [0.1, 0.15) is 13.8 Å². The standard InChI is InChI=1S/C14H16OS/c1-10(2)9-16-14-8-7-13(15)11-5-3-4-6-12(11)14/h3-8,10,15H,9H2,1-2H3. The maximum Gasteiger partial charge on any atom is 0.123 e. The smallest absolute Gasteiger partial charge is 0.123 e. The van der Waals surface area contributed by atoms with E-state index in [9.17, 15) is 5.11 Å². The minimum absolute atomic E-state index is 0.365. The van der Waals surface area contributed by atoms with Crippen molar-refractivity contribution in [2.24, 2.45) is 5.92 Å². The molecule has 0 saturated carbocycles. The van der Waals surface area contributed by atoms with Crippen LogP contribution >= 0.6 is 11.8 Å². The zero-order valence-corrected chi connectivity index (χ0v) is 10.4. The number of hydrogen-bond acceptors (Lipinski definition) is 2. The van der Waals surface area contributed by atoms with Crippen molar-refractivity contribution in [1.29, 1.82) is 0 Å². The van der Waals surface area contributed by atoms with Crippen LogP contribution in [0, 0.1) is 5.92 Å². The van der Waals surface area contributed by atoms with Gasteiger partial charge in [-0.2, -0.15) is 0 Å². The first-order valence-corrected chi connectivity index (χ1v) is 6.50. The van der Waals surface area contributed by atoms with Crippen LogP contribution in [0.5, 0.6) is 5.75 Å². The zero-order valence-electron chi connectivity index (χ0n) is 9.60. The molecule has 0 aromatic heterocycles. The fraction of sp³-hybridized carbons (Fsp3) is 0.286. The van der Waals surface area contributed by atoms with E-state index in [4.69, 9.17) is 0 Å². The van der Waals surface area contributed by atoms with Crippen molar-refractivity contribution in [1.82, 2.24) is 0 Å². The fourth-order valence-corrected chi connectivity index (χ4v) is 2.65. The van der Waals surface area contributed by atoms with E-state index in [-0.39, 0.29) is 0 Å². The predicted molar refractivity (Wildman–Crippen MR) is 71.2 cm³/mol. The third kappa shape index (κ3) is 2.33. The third-order valence-corrected chi connectivity index (χ3v) is 3.93. The minimum atomic E-state index is 0.365. The maximum absolute atomic E-state index is 9.76. The van der Waals surface area contributed by atoms with Crippen molar-refractivity contribution in [3.05, 3.63) is 36.4 Å². The van der Waals surface area contributed by atoms with Crippen molar-refractivity contribution in [3.63, 3.8) is 0 Å². The molecule has 0 spiro atoms. The van der Waals surface area contributed by atoms with Crippen LogP contribution in [-0.4, -0.2) is 10.9 Å². The van der Waals surface area contributed by atoms with Gasteiger partial charge >= 0.3 is 0 Å². The number of hydrogen-bond donors (Lipinski definition) is 1. The highest BCUT2D eigenvalue weighted by Crippen LogP contribution is 2.33. The normalized spacial score (nSPS) is 11.2. The Morgan fingerprint density at radius 1 is 1.06 bits per heavy atom. The molecule has 1 nitrogen and oxygen atoms in total. The zero-order chi connectivity index (χ0) is 11.5. The van der Waals surface area contributed by atoms with Crippen molar-refractivity contribution in [3.8, 4) is 5.75 Å². The summed E-state index contributed by atoms with van der Waals surface area (Å²) in [6.45, 7) is 4.44. The number of aromatic hydroxyl groups is 1. The molecule has 2 aromatic carbocycles. The first kappa shape index (κ1) is 11.3. The van der Waals surface area contributed by atoms with Crippen LogP contribution in [0.25, 0.3) is 10.8 Å². The second kappa shape index (κ2) is 4.79. The molecular formula is C14H16OS. The summed E-state index contributed by atoms with van der Waals surface area (Å²) in [7, 11) is 0. The molecule has 0 aliphatic carbocycles. The van der Waals surface area contributed by atoms with E-state index in [0.29, 0.717) is 11.7 Å². The fourth-order valence-electron chi connectivity index (χ4n) is 1.64. The molecule has 1 N–H and O–H groups in total. The highest BCUT2D eigenvalue weighted by molar-refractivity contribution is 7.99. The van der Waals surface area contributed by atoms with Gasteiger partial charge in [-0.3, -0.25) is 0 Å². The Labute approximate surface area is 100 Å². The summed E-state index contributed by atoms with van der Waals surface area (Å²) in [5.41, 5.74) is 0. The van der Waals surface area contributed by atoms with Crippen molar-refractivity contribution in [2.45, 2.75) is 18.7 Å². The molecule has 16 heavy (non-hydrogen) atoms. The van der Waals surface area contributed by atoms with Crippen molar-refractivity contribution >= 4 is 22.5 Å². The molecular weight excluding hydrogens is 216 g/mol. The van der Waals surface area contributed by atoms with E-state index in [1.54, 1.807) is 6.07 Å². The molecule has 2 rings (SSSR count). The van der Waals surface area contributed by atoms with E-state index in [0.717, 1.165) is 16.5 Å². The quantitative estimate of drug-likeness (QED) is 0.796. The second-order valence-electron chi connectivity index (χ2n) is 4.33. The summed E-state index contributed by atoms with van der Waals surface area (Å²) in [5.74, 6) is 2.15.